The first-order valence-electron chi connectivity index (χ1n) is 11.7. The first-order valence-corrected chi connectivity index (χ1v) is 13.2. The van der Waals surface area contributed by atoms with Crippen molar-refractivity contribution in [2.24, 2.45) is 0 Å². The van der Waals surface area contributed by atoms with Crippen molar-refractivity contribution in [1.29, 1.82) is 0 Å². The first kappa shape index (κ1) is 23.4. The van der Waals surface area contributed by atoms with Gasteiger partial charge in [-0.3, -0.25) is 0 Å². The Morgan fingerprint density at radius 1 is 0.800 bits per heavy atom. The minimum Gasteiger partial charge on any atom is -0.338 e. The van der Waals surface area contributed by atoms with Crippen LogP contribution in [0, 0.1) is 13.8 Å². The Balaban J connectivity index is 1.57. The number of anilines is 2. The maximum Gasteiger partial charge on any atom is 0.243 e. The van der Waals surface area contributed by atoms with Crippen molar-refractivity contribution in [1.82, 2.24) is 19.4 Å². The average Bonchev–Trinajstić information content (AvgIpc) is 2.86. The Kier molecular flexibility index (Phi) is 6.27. The van der Waals surface area contributed by atoms with E-state index in [0.717, 1.165) is 46.2 Å². The fourth-order valence-corrected chi connectivity index (χ4v) is 6.12. The van der Waals surface area contributed by atoms with Crippen molar-refractivity contribution in [3.05, 3.63) is 77.9 Å². The summed E-state index contributed by atoms with van der Waals surface area (Å²) in [6.45, 7) is 6.31. The molecule has 180 valence electrons. The lowest BCUT2D eigenvalue weighted by atomic mass is 10.0. The van der Waals surface area contributed by atoms with Gasteiger partial charge < -0.3 is 10.2 Å². The summed E-state index contributed by atoms with van der Waals surface area (Å²) in [5.74, 6) is 0.663. The number of aromatic nitrogens is 2. The van der Waals surface area contributed by atoms with Crippen molar-refractivity contribution in [2.45, 2.75) is 18.7 Å². The quantitative estimate of drug-likeness (QED) is 0.444. The second-order valence-corrected chi connectivity index (χ2v) is 11.0. The molecule has 0 atom stereocenters. The van der Waals surface area contributed by atoms with Gasteiger partial charge in [0.15, 0.2) is 5.82 Å². The summed E-state index contributed by atoms with van der Waals surface area (Å²) in [6, 6.07) is 21.5. The predicted octanol–water partition coefficient (Wildman–Crippen LogP) is 4.59. The third kappa shape index (κ3) is 4.52. The molecular weight excluding hydrogens is 458 g/mol. The van der Waals surface area contributed by atoms with Crippen LogP contribution in [0.3, 0.4) is 0 Å². The van der Waals surface area contributed by atoms with Crippen LogP contribution in [0.2, 0.25) is 0 Å². The number of nitrogens with one attached hydrogen (secondary N) is 1. The van der Waals surface area contributed by atoms with E-state index in [1.807, 2.05) is 81.6 Å². The molecule has 1 saturated heterocycles. The Bertz CT molecular complexity index is 1490. The highest BCUT2D eigenvalue weighted by Crippen LogP contribution is 2.33. The fourth-order valence-electron chi connectivity index (χ4n) is 4.44. The van der Waals surface area contributed by atoms with Gasteiger partial charge in [-0.05, 0) is 44.2 Å². The van der Waals surface area contributed by atoms with Gasteiger partial charge in [0.25, 0.3) is 0 Å². The zero-order chi connectivity index (χ0) is 24.6. The van der Waals surface area contributed by atoms with E-state index in [9.17, 15) is 8.42 Å². The van der Waals surface area contributed by atoms with E-state index in [1.54, 1.807) is 10.4 Å². The monoisotopic (exact) mass is 487 g/mol. The molecule has 0 unspecified atom stereocenters. The molecule has 0 aliphatic carbocycles. The number of para-hydroxylation sites is 1. The average molecular weight is 488 g/mol. The molecule has 4 aromatic rings. The van der Waals surface area contributed by atoms with Gasteiger partial charge in [-0.2, -0.15) is 4.31 Å². The standard InChI is InChI=1S/C27H29N5O2S/c1-19-8-4-7-11-24(19)28-27-23-10-6-5-9-22(23)26(29-30-27)21-13-12-20(2)25(18-21)35(33,34)32-16-14-31(3)15-17-32/h4-13,18H,14-17H2,1-3H3,(H,28,30). The smallest absolute Gasteiger partial charge is 0.243 e. The maximum atomic E-state index is 13.5. The lowest BCUT2D eigenvalue weighted by Gasteiger charge is -2.32. The highest BCUT2D eigenvalue weighted by atomic mass is 32.2. The summed E-state index contributed by atoms with van der Waals surface area (Å²) in [4.78, 5) is 2.47. The minimum atomic E-state index is -3.61. The van der Waals surface area contributed by atoms with Crippen LogP contribution in [0.4, 0.5) is 11.5 Å². The van der Waals surface area contributed by atoms with Crippen LogP contribution in [0.15, 0.2) is 71.6 Å². The molecule has 0 amide bonds. The number of fused-ring (bicyclic) bond motifs is 1. The van der Waals surface area contributed by atoms with E-state index in [1.165, 1.54) is 0 Å². The summed E-state index contributed by atoms with van der Waals surface area (Å²) in [7, 11) is -1.60. The number of sulfonamides is 1. The molecule has 1 fully saturated rings. The van der Waals surface area contributed by atoms with Crippen molar-refractivity contribution in [2.75, 3.05) is 38.5 Å². The largest absolute Gasteiger partial charge is 0.338 e. The second-order valence-electron chi connectivity index (χ2n) is 9.07. The van der Waals surface area contributed by atoms with Crippen LogP contribution >= 0.6 is 0 Å². The molecule has 0 spiro atoms. The van der Waals surface area contributed by atoms with E-state index < -0.39 is 10.0 Å². The highest BCUT2D eigenvalue weighted by molar-refractivity contribution is 7.89. The first-order chi connectivity index (χ1) is 16.8. The molecule has 2 heterocycles. The van der Waals surface area contributed by atoms with E-state index in [-0.39, 0.29) is 0 Å². The van der Waals surface area contributed by atoms with Crippen molar-refractivity contribution in [3.8, 4) is 11.3 Å². The number of hydrogen-bond donors (Lipinski definition) is 1. The van der Waals surface area contributed by atoms with Crippen LogP contribution in [-0.2, 0) is 10.0 Å². The molecule has 5 rings (SSSR count). The van der Waals surface area contributed by atoms with Gasteiger partial charge in [-0.1, -0.05) is 54.6 Å². The summed E-state index contributed by atoms with van der Waals surface area (Å²) in [5.41, 5.74) is 4.19. The van der Waals surface area contributed by atoms with Gasteiger partial charge in [0.2, 0.25) is 10.0 Å². The SMILES string of the molecule is Cc1ccccc1Nc1nnc(-c2ccc(C)c(S(=O)(=O)N3CCN(C)CC3)c2)c2ccccc12. The normalized spacial score (nSPS) is 15.4. The summed E-state index contributed by atoms with van der Waals surface area (Å²) < 4.78 is 28.6. The van der Waals surface area contributed by atoms with E-state index in [2.05, 4.69) is 20.4 Å². The van der Waals surface area contributed by atoms with Crippen molar-refractivity contribution in [3.63, 3.8) is 0 Å². The topological polar surface area (TPSA) is 78.4 Å². The summed E-state index contributed by atoms with van der Waals surface area (Å²) in [6.07, 6.45) is 0. The predicted molar refractivity (Wildman–Crippen MR) is 140 cm³/mol. The van der Waals surface area contributed by atoms with Crippen molar-refractivity contribution >= 4 is 32.3 Å². The van der Waals surface area contributed by atoms with Crippen LogP contribution < -0.4 is 5.32 Å². The molecule has 1 aliphatic rings. The Hall–Kier alpha value is -3.33. The molecule has 8 heteroatoms. The second kappa shape index (κ2) is 9.37. The van der Waals surface area contributed by atoms with Crippen LogP contribution in [0.5, 0.6) is 0 Å². The lowest BCUT2D eigenvalue weighted by Crippen LogP contribution is -2.47. The highest BCUT2D eigenvalue weighted by Gasteiger charge is 2.29. The van der Waals surface area contributed by atoms with Gasteiger partial charge in [-0.15, -0.1) is 10.2 Å². The maximum absolute atomic E-state index is 13.5. The zero-order valence-electron chi connectivity index (χ0n) is 20.2. The van der Waals surface area contributed by atoms with E-state index in [0.29, 0.717) is 29.5 Å². The van der Waals surface area contributed by atoms with Gasteiger partial charge in [0.1, 0.15) is 5.69 Å². The number of aryl methyl sites for hydroxylation is 2. The van der Waals surface area contributed by atoms with Crippen LogP contribution in [0.1, 0.15) is 11.1 Å². The molecule has 0 radical (unpaired) electrons. The zero-order valence-corrected chi connectivity index (χ0v) is 21.0. The van der Waals surface area contributed by atoms with Crippen LogP contribution in [0.25, 0.3) is 22.0 Å². The van der Waals surface area contributed by atoms with Crippen LogP contribution in [-0.4, -0.2) is 61.0 Å². The van der Waals surface area contributed by atoms with Crippen molar-refractivity contribution < 1.29 is 8.42 Å². The summed E-state index contributed by atoms with van der Waals surface area (Å²) in [5, 5.41) is 14.3. The Labute approximate surface area is 206 Å². The number of piperazine rings is 1. The number of likely N-dealkylation sites (N-methyl/N-ethyl adjacent to an activating group) is 1. The van der Waals surface area contributed by atoms with E-state index >= 15 is 0 Å². The molecule has 1 N–H and O–H groups in total. The molecular formula is C27H29N5O2S. The Morgan fingerprint density at radius 3 is 2.23 bits per heavy atom. The molecule has 1 aromatic heterocycles. The molecule has 0 bridgehead atoms. The Morgan fingerprint density at radius 2 is 1.49 bits per heavy atom. The molecule has 7 nitrogen and oxygen atoms in total. The molecule has 1 aliphatic heterocycles. The minimum absolute atomic E-state index is 0.326. The third-order valence-electron chi connectivity index (χ3n) is 6.63. The van der Waals surface area contributed by atoms with Gasteiger partial charge in [0, 0.05) is 48.2 Å². The van der Waals surface area contributed by atoms with Gasteiger partial charge >= 0.3 is 0 Å². The molecule has 3 aromatic carbocycles. The molecule has 35 heavy (non-hydrogen) atoms. The number of benzene rings is 3. The number of hydrogen-bond acceptors (Lipinski definition) is 6. The summed E-state index contributed by atoms with van der Waals surface area (Å²) >= 11 is 0. The molecule has 0 saturated carbocycles. The number of rotatable bonds is 5. The van der Waals surface area contributed by atoms with Gasteiger partial charge in [0.05, 0.1) is 4.90 Å². The van der Waals surface area contributed by atoms with Gasteiger partial charge in [-0.25, -0.2) is 8.42 Å². The third-order valence-corrected chi connectivity index (χ3v) is 8.67. The lowest BCUT2D eigenvalue weighted by molar-refractivity contribution is 0.222. The van der Waals surface area contributed by atoms with E-state index in [4.69, 9.17) is 0 Å². The fraction of sp³-hybridized carbons (Fsp3) is 0.259. The number of nitrogens with zero attached hydrogens (tertiary/aromatic N) is 4.